The topological polar surface area (TPSA) is 0 Å². The lowest BCUT2D eigenvalue weighted by molar-refractivity contribution is 0.324. The van der Waals surface area contributed by atoms with E-state index < -0.39 is 0 Å². The van der Waals surface area contributed by atoms with Crippen molar-refractivity contribution >= 4 is 15.9 Å². The summed E-state index contributed by atoms with van der Waals surface area (Å²) in [6, 6.07) is 0. The quantitative estimate of drug-likeness (QED) is 0.505. The molecule has 1 heteroatoms. The van der Waals surface area contributed by atoms with Crippen LogP contribution in [-0.4, -0.2) is 5.33 Å². The van der Waals surface area contributed by atoms with Gasteiger partial charge < -0.3 is 0 Å². The second-order valence-corrected chi connectivity index (χ2v) is 4.90. The van der Waals surface area contributed by atoms with Crippen molar-refractivity contribution in [1.82, 2.24) is 0 Å². The van der Waals surface area contributed by atoms with Gasteiger partial charge in [0.05, 0.1) is 0 Å². The molecular weight excluding hydrogens is 224 g/mol. The Bertz CT molecular complexity index is 166. The molecule has 0 heterocycles. The molecule has 2 unspecified atom stereocenters. The molecule has 0 bridgehead atoms. The first kappa shape index (κ1) is 11.3. The summed E-state index contributed by atoms with van der Waals surface area (Å²) >= 11 is 3.55. The zero-order chi connectivity index (χ0) is 9.68. The molecule has 0 aromatic carbocycles. The monoisotopic (exact) mass is 244 g/mol. The van der Waals surface area contributed by atoms with E-state index in [0.29, 0.717) is 0 Å². The van der Waals surface area contributed by atoms with Crippen molar-refractivity contribution < 1.29 is 0 Å². The van der Waals surface area contributed by atoms with Crippen LogP contribution in [0.2, 0.25) is 0 Å². The second-order valence-electron chi connectivity index (χ2n) is 4.34. The van der Waals surface area contributed by atoms with Gasteiger partial charge in [-0.15, -0.1) is 0 Å². The lowest BCUT2D eigenvalue weighted by Crippen LogP contribution is -2.11. The Morgan fingerprint density at radius 3 is 2.77 bits per heavy atom. The highest BCUT2D eigenvalue weighted by molar-refractivity contribution is 9.09. The molecule has 0 aromatic rings. The van der Waals surface area contributed by atoms with Gasteiger partial charge in [-0.3, -0.25) is 0 Å². The molecule has 0 radical (unpaired) electrons. The molecule has 0 aliphatic heterocycles. The Hall–Kier alpha value is 0.220. The van der Waals surface area contributed by atoms with Gasteiger partial charge >= 0.3 is 0 Å². The van der Waals surface area contributed by atoms with Gasteiger partial charge in [-0.1, -0.05) is 54.3 Å². The molecule has 0 saturated heterocycles. The van der Waals surface area contributed by atoms with E-state index in [-0.39, 0.29) is 0 Å². The van der Waals surface area contributed by atoms with Crippen molar-refractivity contribution in [3.63, 3.8) is 0 Å². The lowest BCUT2D eigenvalue weighted by Gasteiger charge is -2.24. The van der Waals surface area contributed by atoms with Crippen LogP contribution in [0.1, 0.15) is 46.0 Å². The number of halogens is 1. The summed E-state index contributed by atoms with van der Waals surface area (Å²) in [6.07, 6.45) is 9.43. The molecule has 0 aromatic heterocycles. The van der Waals surface area contributed by atoms with Crippen LogP contribution in [0.4, 0.5) is 0 Å². The average Bonchev–Trinajstić information content (AvgIpc) is 2.14. The predicted octanol–water partition coefficient (Wildman–Crippen LogP) is 4.54. The molecule has 1 rings (SSSR count). The van der Waals surface area contributed by atoms with Gasteiger partial charge in [0.15, 0.2) is 0 Å². The Morgan fingerprint density at radius 2 is 2.23 bits per heavy atom. The van der Waals surface area contributed by atoms with E-state index in [0.717, 1.165) is 17.2 Å². The highest BCUT2D eigenvalue weighted by Crippen LogP contribution is 2.30. The SMILES string of the molecule is CCC(=CC1CCCC(C)C1)CBr. The fourth-order valence-corrected chi connectivity index (χ4v) is 2.81. The van der Waals surface area contributed by atoms with E-state index >= 15 is 0 Å². The van der Waals surface area contributed by atoms with Crippen LogP contribution in [0.25, 0.3) is 0 Å². The minimum atomic E-state index is 0.872. The van der Waals surface area contributed by atoms with Crippen molar-refractivity contribution in [2.75, 3.05) is 5.33 Å². The number of allylic oxidation sites excluding steroid dienone is 2. The van der Waals surface area contributed by atoms with Crippen molar-refractivity contribution in [3.8, 4) is 0 Å². The number of alkyl halides is 1. The largest absolute Gasteiger partial charge is 0.0880 e. The standard InChI is InChI=1S/C12H21Br/c1-3-11(9-13)8-12-6-4-5-10(2)7-12/h8,10,12H,3-7,9H2,1-2H3. The Balaban J connectivity index is 2.46. The number of hydrogen-bond donors (Lipinski definition) is 0. The third-order valence-corrected chi connectivity index (χ3v) is 3.79. The normalized spacial score (nSPS) is 30.5. The Labute approximate surface area is 90.9 Å². The van der Waals surface area contributed by atoms with Crippen molar-refractivity contribution in [2.24, 2.45) is 11.8 Å². The minimum Gasteiger partial charge on any atom is -0.0880 e. The summed E-state index contributed by atoms with van der Waals surface area (Å²) in [7, 11) is 0. The van der Waals surface area contributed by atoms with Crippen LogP contribution in [0.3, 0.4) is 0 Å². The molecule has 1 aliphatic rings. The summed E-state index contributed by atoms with van der Waals surface area (Å²) in [5.41, 5.74) is 1.58. The first-order chi connectivity index (χ1) is 6.26. The van der Waals surface area contributed by atoms with Crippen molar-refractivity contribution in [3.05, 3.63) is 11.6 Å². The molecule has 1 saturated carbocycles. The van der Waals surface area contributed by atoms with E-state index in [4.69, 9.17) is 0 Å². The van der Waals surface area contributed by atoms with Crippen LogP contribution in [0, 0.1) is 11.8 Å². The Kier molecular flexibility index (Phi) is 5.08. The molecule has 1 aliphatic carbocycles. The number of hydrogen-bond acceptors (Lipinski definition) is 0. The van der Waals surface area contributed by atoms with Gasteiger partial charge in [-0.05, 0) is 31.1 Å². The molecule has 0 spiro atoms. The lowest BCUT2D eigenvalue weighted by atomic mass is 9.81. The first-order valence-electron chi connectivity index (χ1n) is 5.51. The van der Waals surface area contributed by atoms with Crippen LogP contribution in [0.5, 0.6) is 0 Å². The zero-order valence-electron chi connectivity index (χ0n) is 8.85. The van der Waals surface area contributed by atoms with Gasteiger partial charge in [0.1, 0.15) is 0 Å². The first-order valence-corrected chi connectivity index (χ1v) is 6.64. The molecule has 1 fully saturated rings. The third-order valence-electron chi connectivity index (χ3n) is 3.07. The van der Waals surface area contributed by atoms with Gasteiger partial charge in [-0.25, -0.2) is 0 Å². The third kappa shape index (κ3) is 3.84. The maximum Gasteiger partial charge on any atom is 0.0241 e. The van der Waals surface area contributed by atoms with Gasteiger partial charge in [0, 0.05) is 5.33 Å². The van der Waals surface area contributed by atoms with E-state index in [1.807, 2.05) is 0 Å². The summed E-state index contributed by atoms with van der Waals surface area (Å²) in [5.74, 6) is 1.82. The summed E-state index contributed by atoms with van der Waals surface area (Å²) in [5, 5.41) is 1.06. The summed E-state index contributed by atoms with van der Waals surface area (Å²) < 4.78 is 0. The maximum absolute atomic E-state index is 3.55. The number of rotatable bonds is 3. The van der Waals surface area contributed by atoms with Gasteiger partial charge in [0.25, 0.3) is 0 Å². The van der Waals surface area contributed by atoms with Crippen LogP contribution >= 0.6 is 15.9 Å². The highest BCUT2D eigenvalue weighted by atomic mass is 79.9. The molecule has 76 valence electrons. The second kappa shape index (κ2) is 5.85. The smallest absolute Gasteiger partial charge is 0.0241 e. The molecular formula is C12H21Br. The predicted molar refractivity (Wildman–Crippen MR) is 63.3 cm³/mol. The van der Waals surface area contributed by atoms with E-state index in [1.165, 1.54) is 32.1 Å². The van der Waals surface area contributed by atoms with E-state index in [1.54, 1.807) is 5.57 Å². The minimum absolute atomic E-state index is 0.872. The summed E-state index contributed by atoms with van der Waals surface area (Å²) in [6.45, 7) is 4.64. The molecule has 0 amide bonds. The fourth-order valence-electron chi connectivity index (χ4n) is 2.22. The van der Waals surface area contributed by atoms with Crippen molar-refractivity contribution in [2.45, 2.75) is 46.0 Å². The van der Waals surface area contributed by atoms with Crippen LogP contribution in [-0.2, 0) is 0 Å². The van der Waals surface area contributed by atoms with Crippen molar-refractivity contribution in [1.29, 1.82) is 0 Å². The van der Waals surface area contributed by atoms with Gasteiger partial charge in [-0.2, -0.15) is 0 Å². The Morgan fingerprint density at radius 1 is 1.46 bits per heavy atom. The van der Waals surface area contributed by atoms with E-state index in [2.05, 4.69) is 35.9 Å². The van der Waals surface area contributed by atoms with Crippen LogP contribution < -0.4 is 0 Å². The zero-order valence-corrected chi connectivity index (χ0v) is 10.4. The molecule has 13 heavy (non-hydrogen) atoms. The van der Waals surface area contributed by atoms with Gasteiger partial charge in [0.2, 0.25) is 0 Å². The molecule has 2 atom stereocenters. The maximum atomic E-state index is 3.55. The van der Waals surface area contributed by atoms with E-state index in [9.17, 15) is 0 Å². The fraction of sp³-hybridized carbons (Fsp3) is 0.833. The average molecular weight is 245 g/mol. The van der Waals surface area contributed by atoms with Crippen LogP contribution in [0.15, 0.2) is 11.6 Å². The summed E-state index contributed by atoms with van der Waals surface area (Å²) in [4.78, 5) is 0. The molecule has 0 N–H and O–H groups in total. The molecule has 0 nitrogen and oxygen atoms in total. The highest BCUT2D eigenvalue weighted by Gasteiger charge is 2.16.